The van der Waals surface area contributed by atoms with Crippen molar-refractivity contribution >= 4 is 11.8 Å². The van der Waals surface area contributed by atoms with Crippen LogP contribution in [0, 0.1) is 11.7 Å². The lowest BCUT2D eigenvalue weighted by Crippen LogP contribution is -2.49. The highest BCUT2D eigenvalue weighted by atomic mass is 19.1. The monoisotopic (exact) mass is 394 g/mol. The number of halogens is 1. The molecule has 0 aliphatic heterocycles. The Morgan fingerprint density at radius 1 is 1.07 bits per heavy atom. The molecule has 0 aliphatic carbocycles. The third kappa shape index (κ3) is 5.28. The number of nitrogens with zero attached hydrogens (tertiary/aromatic N) is 2. The Balaban J connectivity index is 1.60. The largest absolute Gasteiger partial charge is 0.350 e. The second-order valence-electron chi connectivity index (χ2n) is 7.05. The van der Waals surface area contributed by atoms with Crippen molar-refractivity contribution in [3.05, 3.63) is 83.9 Å². The van der Waals surface area contributed by atoms with Gasteiger partial charge in [0.15, 0.2) is 0 Å². The molecule has 6 nitrogen and oxygen atoms in total. The van der Waals surface area contributed by atoms with Gasteiger partial charge in [-0.2, -0.15) is 5.10 Å². The van der Waals surface area contributed by atoms with Crippen molar-refractivity contribution in [1.29, 1.82) is 0 Å². The van der Waals surface area contributed by atoms with Crippen molar-refractivity contribution in [2.24, 2.45) is 5.92 Å². The summed E-state index contributed by atoms with van der Waals surface area (Å²) in [5.74, 6) is -1.25. The first kappa shape index (κ1) is 20.3. The Morgan fingerprint density at radius 3 is 2.41 bits per heavy atom. The van der Waals surface area contributed by atoms with Gasteiger partial charge in [0.2, 0.25) is 5.91 Å². The highest BCUT2D eigenvalue weighted by molar-refractivity contribution is 5.97. The quantitative estimate of drug-likeness (QED) is 0.647. The summed E-state index contributed by atoms with van der Waals surface area (Å²) in [7, 11) is 0. The SMILES string of the molecule is CC(C)[C@@H](NC(=O)c1ccc(F)cc1)C(=O)NCc1cnn(-c2ccccc2)c1. The van der Waals surface area contributed by atoms with Crippen molar-refractivity contribution < 1.29 is 14.0 Å². The fourth-order valence-corrected chi connectivity index (χ4v) is 2.83. The molecule has 0 bridgehead atoms. The van der Waals surface area contributed by atoms with Crippen molar-refractivity contribution in [3.63, 3.8) is 0 Å². The third-order valence-electron chi connectivity index (χ3n) is 4.47. The minimum Gasteiger partial charge on any atom is -0.350 e. The molecule has 2 aromatic carbocycles. The van der Waals surface area contributed by atoms with E-state index in [9.17, 15) is 14.0 Å². The molecule has 7 heteroatoms. The second-order valence-corrected chi connectivity index (χ2v) is 7.05. The van der Waals surface area contributed by atoms with Gasteiger partial charge < -0.3 is 10.6 Å². The Labute approximate surface area is 168 Å². The van der Waals surface area contributed by atoms with E-state index in [0.717, 1.165) is 11.3 Å². The van der Waals surface area contributed by atoms with Crippen LogP contribution in [0.25, 0.3) is 5.69 Å². The molecular weight excluding hydrogens is 371 g/mol. The molecule has 29 heavy (non-hydrogen) atoms. The molecule has 1 atom stereocenters. The fourth-order valence-electron chi connectivity index (χ4n) is 2.83. The number of hydrogen-bond acceptors (Lipinski definition) is 3. The molecule has 2 amide bonds. The van der Waals surface area contributed by atoms with Crippen LogP contribution in [0.1, 0.15) is 29.8 Å². The molecule has 2 N–H and O–H groups in total. The van der Waals surface area contributed by atoms with E-state index in [1.165, 1.54) is 24.3 Å². The molecule has 0 saturated heterocycles. The summed E-state index contributed by atoms with van der Waals surface area (Å²) < 4.78 is 14.8. The third-order valence-corrected chi connectivity index (χ3v) is 4.47. The standard InChI is InChI=1S/C22H23FN4O2/c1-15(2)20(26-21(28)17-8-10-18(23)11-9-17)22(29)24-12-16-13-25-27(14-16)19-6-4-3-5-7-19/h3-11,13-15,20H,12H2,1-2H3,(H,24,29)(H,26,28)/t20-/m1/s1. The van der Waals surface area contributed by atoms with Crippen LogP contribution in [0.15, 0.2) is 67.0 Å². The maximum Gasteiger partial charge on any atom is 0.251 e. The first-order chi connectivity index (χ1) is 13.9. The van der Waals surface area contributed by atoms with Crippen LogP contribution in [0.3, 0.4) is 0 Å². The number of benzene rings is 2. The minimum absolute atomic E-state index is 0.119. The van der Waals surface area contributed by atoms with E-state index in [1.807, 2.05) is 50.4 Å². The summed E-state index contributed by atoms with van der Waals surface area (Å²) in [6, 6.07) is 14.1. The summed E-state index contributed by atoms with van der Waals surface area (Å²) >= 11 is 0. The molecule has 1 heterocycles. The zero-order chi connectivity index (χ0) is 20.8. The van der Waals surface area contributed by atoms with Crippen molar-refractivity contribution in [2.45, 2.75) is 26.4 Å². The predicted octanol–water partition coefficient (Wildman–Crippen LogP) is 3.08. The zero-order valence-corrected chi connectivity index (χ0v) is 16.3. The molecule has 3 aromatic rings. The number of hydrogen-bond donors (Lipinski definition) is 2. The number of nitrogens with one attached hydrogen (secondary N) is 2. The summed E-state index contributed by atoms with van der Waals surface area (Å²) in [5.41, 5.74) is 2.07. The van der Waals surface area contributed by atoms with Gasteiger partial charge in [-0.15, -0.1) is 0 Å². The second kappa shape index (κ2) is 9.14. The topological polar surface area (TPSA) is 76.0 Å². The molecule has 0 fully saturated rings. The molecule has 1 aromatic heterocycles. The molecule has 0 saturated carbocycles. The number of para-hydroxylation sites is 1. The van der Waals surface area contributed by atoms with E-state index in [-0.39, 0.29) is 11.8 Å². The van der Waals surface area contributed by atoms with Gasteiger partial charge in [0.05, 0.1) is 11.9 Å². The summed E-state index contributed by atoms with van der Waals surface area (Å²) in [6.07, 6.45) is 3.53. The lowest BCUT2D eigenvalue weighted by molar-refractivity contribution is -0.124. The maximum absolute atomic E-state index is 13.0. The molecule has 0 radical (unpaired) electrons. The molecule has 150 valence electrons. The van der Waals surface area contributed by atoms with E-state index in [1.54, 1.807) is 10.9 Å². The summed E-state index contributed by atoms with van der Waals surface area (Å²) in [6.45, 7) is 3.99. The lowest BCUT2D eigenvalue weighted by atomic mass is 10.0. The summed E-state index contributed by atoms with van der Waals surface area (Å²) in [5, 5.41) is 9.87. The van der Waals surface area contributed by atoms with Gasteiger partial charge in [0.25, 0.3) is 5.91 Å². The maximum atomic E-state index is 13.0. The van der Waals surface area contributed by atoms with Crippen LogP contribution in [-0.2, 0) is 11.3 Å². The highest BCUT2D eigenvalue weighted by Gasteiger charge is 2.24. The Bertz CT molecular complexity index is 968. The molecule has 0 spiro atoms. The molecular formula is C22H23FN4O2. The number of aromatic nitrogens is 2. The van der Waals surface area contributed by atoms with Crippen molar-refractivity contribution in [3.8, 4) is 5.69 Å². The van der Waals surface area contributed by atoms with Crippen molar-refractivity contribution in [2.75, 3.05) is 0 Å². The average Bonchev–Trinajstić information content (AvgIpc) is 3.20. The van der Waals surface area contributed by atoms with Gasteiger partial charge in [-0.25, -0.2) is 9.07 Å². The van der Waals surface area contributed by atoms with Crippen LogP contribution in [-0.4, -0.2) is 27.6 Å². The number of rotatable bonds is 7. The highest BCUT2D eigenvalue weighted by Crippen LogP contribution is 2.09. The molecule has 0 aliphatic rings. The zero-order valence-electron chi connectivity index (χ0n) is 16.3. The Morgan fingerprint density at radius 2 is 1.76 bits per heavy atom. The van der Waals surface area contributed by atoms with Crippen LogP contribution in [0.2, 0.25) is 0 Å². The number of amides is 2. The first-order valence-corrected chi connectivity index (χ1v) is 9.37. The van der Waals surface area contributed by atoms with Gasteiger partial charge in [-0.3, -0.25) is 9.59 Å². The average molecular weight is 394 g/mol. The van der Waals surface area contributed by atoms with E-state index in [2.05, 4.69) is 15.7 Å². The van der Waals surface area contributed by atoms with E-state index >= 15 is 0 Å². The Kier molecular flexibility index (Phi) is 6.39. The minimum atomic E-state index is -0.711. The Hall–Kier alpha value is -3.48. The smallest absolute Gasteiger partial charge is 0.251 e. The van der Waals surface area contributed by atoms with Crippen LogP contribution < -0.4 is 10.6 Å². The number of carbonyl (C=O) groups is 2. The van der Waals surface area contributed by atoms with Crippen LogP contribution >= 0.6 is 0 Å². The van der Waals surface area contributed by atoms with Gasteiger partial charge in [-0.1, -0.05) is 32.0 Å². The van der Waals surface area contributed by atoms with Gasteiger partial charge in [0, 0.05) is 23.9 Å². The normalized spacial score (nSPS) is 11.9. The van der Waals surface area contributed by atoms with Crippen LogP contribution in [0.4, 0.5) is 4.39 Å². The number of carbonyl (C=O) groups excluding carboxylic acids is 2. The lowest BCUT2D eigenvalue weighted by Gasteiger charge is -2.21. The van der Waals surface area contributed by atoms with Crippen LogP contribution in [0.5, 0.6) is 0 Å². The van der Waals surface area contributed by atoms with Gasteiger partial charge in [-0.05, 0) is 42.3 Å². The van der Waals surface area contributed by atoms with E-state index in [0.29, 0.717) is 12.1 Å². The van der Waals surface area contributed by atoms with Crippen molar-refractivity contribution in [1.82, 2.24) is 20.4 Å². The summed E-state index contributed by atoms with van der Waals surface area (Å²) in [4.78, 5) is 25.0. The molecule has 3 rings (SSSR count). The van der Waals surface area contributed by atoms with E-state index < -0.39 is 17.8 Å². The molecule has 0 unspecified atom stereocenters. The van der Waals surface area contributed by atoms with E-state index in [4.69, 9.17) is 0 Å². The van der Waals surface area contributed by atoms with Gasteiger partial charge in [0.1, 0.15) is 11.9 Å². The van der Waals surface area contributed by atoms with Gasteiger partial charge >= 0.3 is 0 Å². The predicted molar refractivity (Wildman–Crippen MR) is 108 cm³/mol. The first-order valence-electron chi connectivity index (χ1n) is 9.37. The fraction of sp³-hybridized carbons (Fsp3) is 0.227.